The molecule has 2 aliphatic rings. The molecular weight excluding hydrogens is 234 g/mol. The zero-order valence-electron chi connectivity index (χ0n) is 10.8. The summed E-state index contributed by atoms with van der Waals surface area (Å²) in [6, 6.07) is -0.262. The fourth-order valence-electron chi connectivity index (χ4n) is 2.52. The lowest BCUT2D eigenvalue weighted by atomic mass is 9.97. The van der Waals surface area contributed by atoms with Gasteiger partial charge in [-0.2, -0.15) is 0 Å². The molecule has 0 saturated carbocycles. The van der Waals surface area contributed by atoms with Gasteiger partial charge in [0, 0.05) is 33.4 Å². The molecule has 18 heavy (non-hydrogen) atoms. The molecule has 0 radical (unpaired) electrons. The molecule has 1 unspecified atom stereocenters. The van der Waals surface area contributed by atoms with Gasteiger partial charge in [0.05, 0.1) is 6.54 Å². The topological polar surface area (TPSA) is 70.7 Å². The van der Waals surface area contributed by atoms with Crippen molar-refractivity contribution in [1.82, 2.24) is 15.5 Å². The average Bonchev–Trinajstić information content (AvgIpc) is 2.40. The van der Waals surface area contributed by atoms with Crippen LogP contribution in [-0.4, -0.2) is 62.7 Å². The Morgan fingerprint density at radius 3 is 2.72 bits per heavy atom. The summed E-state index contributed by atoms with van der Waals surface area (Å²) in [5, 5.41) is 5.69. The smallest absolute Gasteiger partial charge is 0.241 e. The first kappa shape index (κ1) is 13.3. The van der Waals surface area contributed by atoms with Crippen LogP contribution in [0.3, 0.4) is 0 Å². The van der Waals surface area contributed by atoms with Crippen LogP contribution in [0.25, 0.3) is 0 Å². The van der Waals surface area contributed by atoms with Gasteiger partial charge in [0.1, 0.15) is 6.04 Å². The van der Waals surface area contributed by atoms with Crippen molar-refractivity contribution < 1.29 is 14.3 Å². The first-order chi connectivity index (χ1) is 8.70. The molecule has 2 aliphatic heterocycles. The van der Waals surface area contributed by atoms with Crippen molar-refractivity contribution in [2.45, 2.75) is 18.9 Å². The number of piperidine rings is 1. The van der Waals surface area contributed by atoms with Crippen LogP contribution in [0.4, 0.5) is 0 Å². The fourth-order valence-corrected chi connectivity index (χ4v) is 2.52. The third-order valence-corrected chi connectivity index (χ3v) is 3.64. The van der Waals surface area contributed by atoms with E-state index in [2.05, 4.69) is 10.6 Å². The molecule has 2 saturated heterocycles. The number of ether oxygens (including phenoxy) is 1. The quantitative estimate of drug-likeness (QED) is 0.676. The van der Waals surface area contributed by atoms with E-state index in [1.807, 2.05) is 4.90 Å². The van der Waals surface area contributed by atoms with Crippen molar-refractivity contribution in [3.8, 4) is 0 Å². The van der Waals surface area contributed by atoms with E-state index >= 15 is 0 Å². The summed E-state index contributed by atoms with van der Waals surface area (Å²) in [6.07, 6.45) is 2.00. The van der Waals surface area contributed by atoms with E-state index < -0.39 is 0 Å². The molecule has 2 amide bonds. The van der Waals surface area contributed by atoms with Crippen LogP contribution >= 0.6 is 0 Å². The van der Waals surface area contributed by atoms with Crippen molar-refractivity contribution in [3.63, 3.8) is 0 Å². The first-order valence-electron chi connectivity index (χ1n) is 6.48. The maximum absolute atomic E-state index is 12.2. The summed E-state index contributed by atoms with van der Waals surface area (Å²) in [5.74, 6) is 0.627. The fraction of sp³-hybridized carbons (Fsp3) is 0.833. The van der Waals surface area contributed by atoms with Crippen molar-refractivity contribution in [2.75, 3.05) is 39.9 Å². The molecular formula is C12H21N3O3. The van der Waals surface area contributed by atoms with Gasteiger partial charge in [-0.05, 0) is 18.8 Å². The number of nitrogens with zero attached hydrogens (tertiary/aromatic N) is 1. The maximum atomic E-state index is 12.2. The van der Waals surface area contributed by atoms with Gasteiger partial charge in [-0.25, -0.2) is 0 Å². The number of amides is 2. The van der Waals surface area contributed by atoms with E-state index in [-0.39, 0.29) is 24.4 Å². The summed E-state index contributed by atoms with van der Waals surface area (Å²) in [4.78, 5) is 25.1. The number of nitrogens with one attached hydrogen (secondary N) is 2. The van der Waals surface area contributed by atoms with Gasteiger partial charge in [0.15, 0.2) is 0 Å². The lowest BCUT2D eigenvalue weighted by molar-refractivity contribution is -0.136. The Hall–Kier alpha value is -1.14. The number of hydrogen-bond donors (Lipinski definition) is 2. The minimum atomic E-state index is -0.262. The molecule has 0 aliphatic carbocycles. The number of piperazine rings is 1. The summed E-state index contributed by atoms with van der Waals surface area (Å²) in [7, 11) is 1.71. The Balaban J connectivity index is 1.78. The van der Waals surface area contributed by atoms with Gasteiger partial charge in [0.25, 0.3) is 0 Å². The van der Waals surface area contributed by atoms with E-state index in [0.717, 1.165) is 32.5 Å². The van der Waals surface area contributed by atoms with E-state index in [0.29, 0.717) is 12.5 Å². The van der Waals surface area contributed by atoms with Crippen molar-refractivity contribution >= 4 is 11.8 Å². The maximum Gasteiger partial charge on any atom is 0.241 e. The number of carbonyl (C=O) groups is 2. The molecule has 0 aromatic heterocycles. The van der Waals surface area contributed by atoms with Gasteiger partial charge in [0.2, 0.25) is 11.8 Å². The molecule has 2 heterocycles. The summed E-state index contributed by atoms with van der Waals surface area (Å²) < 4.78 is 5.14. The number of rotatable bonds is 3. The van der Waals surface area contributed by atoms with Crippen LogP contribution in [-0.2, 0) is 14.3 Å². The highest BCUT2D eigenvalue weighted by Crippen LogP contribution is 2.18. The monoisotopic (exact) mass is 255 g/mol. The SMILES string of the molecule is COCC1CCN(C(=O)C2CNC(=O)CN2)CC1. The predicted molar refractivity (Wildman–Crippen MR) is 66.0 cm³/mol. The number of likely N-dealkylation sites (tertiary alicyclic amines) is 1. The average molecular weight is 255 g/mol. The summed E-state index contributed by atoms with van der Waals surface area (Å²) in [6.45, 7) is 2.99. The number of carbonyl (C=O) groups excluding carboxylic acids is 2. The molecule has 6 nitrogen and oxygen atoms in total. The zero-order valence-corrected chi connectivity index (χ0v) is 10.8. The normalized spacial score (nSPS) is 25.9. The molecule has 0 spiro atoms. The van der Waals surface area contributed by atoms with Gasteiger partial charge in [-0.1, -0.05) is 0 Å². The second-order valence-electron chi connectivity index (χ2n) is 4.96. The van der Waals surface area contributed by atoms with Crippen LogP contribution in [0, 0.1) is 5.92 Å². The first-order valence-corrected chi connectivity index (χ1v) is 6.48. The van der Waals surface area contributed by atoms with E-state index in [1.165, 1.54) is 0 Å². The molecule has 1 atom stereocenters. The molecule has 102 valence electrons. The van der Waals surface area contributed by atoms with E-state index in [9.17, 15) is 9.59 Å². The minimum absolute atomic E-state index is 0.0437. The Morgan fingerprint density at radius 2 is 2.17 bits per heavy atom. The van der Waals surface area contributed by atoms with Crippen LogP contribution < -0.4 is 10.6 Å². The Kier molecular flexibility index (Phi) is 4.54. The molecule has 2 rings (SSSR count). The molecule has 0 bridgehead atoms. The number of hydrogen-bond acceptors (Lipinski definition) is 4. The lowest BCUT2D eigenvalue weighted by Gasteiger charge is -2.35. The molecule has 0 aromatic rings. The highest BCUT2D eigenvalue weighted by Gasteiger charge is 2.30. The van der Waals surface area contributed by atoms with Crippen LogP contribution in [0.1, 0.15) is 12.8 Å². The van der Waals surface area contributed by atoms with E-state index in [1.54, 1.807) is 7.11 Å². The van der Waals surface area contributed by atoms with Gasteiger partial charge in [-0.3, -0.25) is 14.9 Å². The molecule has 2 fully saturated rings. The van der Waals surface area contributed by atoms with Crippen molar-refractivity contribution in [2.24, 2.45) is 5.92 Å². The highest BCUT2D eigenvalue weighted by atomic mass is 16.5. The van der Waals surface area contributed by atoms with Crippen LogP contribution in [0.5, 0.6) is 0 Å². The summed E-state index contributed by atoms with van der Waals surface area (Å²) >= 11 is 0. The Bertz CT molecular complexity index is 304. The highest BCUT2D eigenvalue weighted by molar-refractivity contribution is 5.86. The summed E-state index contributed by atoms with van der Waals surface area (Å²) in [5.41, 5.74) is 0. The van der Waals surface area contributed by atoms with E-state index in [4.69, 9.17) is 4.74 Å². The largest absolute Gasteiger partial charge is 0.384 e. The van der Waals surface area contributed by atoms with Crippen molar-refractivity contribution in [3.05, 3.63) is 0 Å². The third-order valence-electron chi connectivity index (χ3n) is 3.64. The second kappa shape index (κ2) is 6.15. The predicted octanol–water partition coefficient (Wildman–Crippen LogP) is -1.04. The lowest BCUT2D eigenvalue weighted by Crippen LogP contribution is -2.59. The second-order valence-corrected chi connectivity index (χ2v) is 4.96. The zero-order chi connectivity index (χ0) is 13.0. The van der Waals surface area contributed by atoms with Gasteiger partial charge < -0.3 is 15.0 Å². The molecule has 2 N–H and O–H groups in total. The van der Waals surface area contributed by atoms with Crippen molar-refractivity contribution in [1.29, 1.82) is 0 Å². The standard InChI is InChI=1S/C12H21N3O3/c1-18-8-9-2-4-15(5-3-9)12(17)10-6-14-11(16)7-13-10/h9-10,13H,2-8H2,1H3,(H,14,16). The third kappa shape index (κ3) is 3.20. The van der Waals surface area contributed by atoms with Crippen LogP contribution in [0.2, 0.25) is 0 Å². The Morgan fingerprint density at radius 1 is 1.44 bits per heavy atom. The Labute approximate surface area is 107 Å². The molecule has 0 aromatic carbocycles. The number of methoxy groups -OCH3 is 1. The molecule has 6 heteroatoms. The minimum Gasteiger partial charge on any atom is -0.384 e. The van der Waals surface area contributed by atoms with Gasteiger partial charge >= 0.3 is 0 Å². The van der Waals surface area contributed by atoms with Crippen LogP contribution in [0.15, 0.2) is 0 Å². The van der Waals surface area contributed by atoms with Gasteiger partial charge in [-0.15, -0.1) is 0 Å².